The van der Waals surface area contributed by atoms with Crippen LogP contribution in [0.3, 0.4) is 0 Å². The highest BCUT2D eigenvalue weighted by atomic mass is 35.5. The normalized spacial score (nSPS) is 25.3. The minimum Gasteiger partial charge on any atom is -0.329 e. The summed E-state index contributed by atoms with van der Waals surface area (Å²) in [7, 11) is 0. The standard InChI is InChI=1S/C14H20ClFN2/c1-10-3-2-6-18(14(10)8-17)9-11-7-12(15)4-5-13(11)16/h4-5,7,10,14H,2-3,6,8-9,17H2,1H3. The Morgan fingerprint density at radius 2 is 2.28 bits per heavy atom. The van der Waals surface area contributed by atoms with Crippen LogP contribution >= 0.6 is 11.6 Å². The van der Waals surface area contributed by atoms with Crippen molar-refractivity contribution < 1.29 is 4.39 Å². The van der Waals surface area contributed by atoms with E-state index in [1.54, 1.807) is 12.1 Å². The molecule has 100 valence electrons. The van der Waals surface area contributed by atoms with Crippen molar-refractivity contribution in [1.82, 2.24) is 4.90 Å². The van der Waals surface area contributed by atoms with Gasteiger partial charge in [-0.05, 0) is 43.5 Å². The molecule has 18 heavy (non-hydrogen) atoms. The first-order valence-electron chi connectivity index (χ1n) is 6.50. The van der Waals surface area contributed by atoms with Gasteiger partial charge in [0.15, 0.2) is 0 Å². The van der Waals surface area contributed by atoms with Crippen LogP contribution in [0.2, 0.25) is 5.02 Å². The Hall–Kier alpha value is -0.640. The summed E-state index contributed by atoms with van der Waals surface area (Å²) in [6.07, 6.45) is 2.36. The van der Waals surface area contributed by atoms with Gasteiger partial charge in [-0.15, -0.1) is 0 Å². The SMILES string of the molecule is CC1CCCN(Cc2cc(Cl)ccc2F)C1CN. The fourth-order valence-corrected chi connectivity index (χ4v) is 2.99. The van der Waals surface area contributed by atoms with Crippen molar-refractivity contribution in [3.63, 3.8) is 0 Å². The van der Waals surface area contributed by atoms with Gasteiger partial charge in [-0.25, -0.2) is 4.39 Å². The van der Waals surface area contributed by atoms with Gasteiger partial charge in [-0.1, -0.05) is 18.5 Å². The minimum absolute atomic E-state index is 0.187. The molecule has 0 bridgehead atoms. The smallest absolute Gasteiger partial charge is 0.127 e. The van der Waals surface area contributed by atoms with Crippen LogP contribution in [0.5, 0.6) is 0 Å². The molecule has 0 spiro atoms. The van der Waals surface area contributed by atoms with E-state index in [9.17, 15) is 4.39 Å². The Morgan fingerprint density at radius 3 is 3.00 bits per heavy atom. The summed E-state index contributed by atoms with van der Waals surface area (Å²) in [5.41, 5.74) is 6.51. The number of hydrogen-bond acceptors (Lipinski definition) is 2. The predicted octanol–water partition coefficient (Wildman–Crippen LogP) is 3.04. The minimum atomic E-state index is -0.187. The molecule has 2 atom stereocenters. The van der Waals surface area contributed by atoms with Crippen LogP contribution in [0.15, 0.2) is 18.2 Å². The molecule has 1 saturated heterocycles. The van der Waals surface area contributed by atoms with Crippen molar-refractivity contribution >= 4 is 11.6 Å². The molecule has 1 heterocycles. The quantitative estimate of drug-likeness (QED) is 0.915. The van der Waals surface area contributed by atoms with E-state index in [0.29, 0.717) is 35.6 Å². The second kappa shape index (κ2) is 6.00. The molecule has 0 radical (unpaired) electrons. The molecule has 0 aliphatic carbocycles. The van der Waals surface area contributed by atoms with Crippen LogP contribution in [0, 0.1) is 11.7 Å². The Balaban J connectivity index is 2.14. The summed E-state index contributed by atoms with van der Waals surface area (Å²) in [6.45, 7) is 4.43. The van der Waals surface area contributed by atoms with Crippen molar-refractivity contribution in [2.24, 2.45) is 11.7 Å². The van der Waals surface area contributed by atoms with E-state index in [-0.39, 0.29) is 5.82 Å². The maximum atomic E-state index is 13.7. The number of rotatable bonds is 3. The second-order valence-corrected chi connectivity index (χ2v) is 5.57. The molecular weight excluding hydrogens is 251 g/mol. The first-order chi connectivity index (χ1) is 8.61. The highest BCUT2D eigenvalue weighted by molar-refractivity contribution is 6.30. The zero-order valence-electron chi connectivity index (χ0n) is 10.7. The fraction of sp³-hybridized carbons (Fsp3) is 0.571. The van der Waals surface area contributed by atoms with Crippen molar-refractivity contribution in [1.29, 1.82) is 0 Å². The van der Waals surface area contributed by atoms with Gasteiger partial charge in [0.1, 0.15) is 5.82 Å². The molecular formula is C14H20ClFN2. The molecule has 1 aromatic rings. The van der Waals surface area contributed by atoms with E-state index in [2.05, 4.69) is 11.8 Å². The number of piperidine rings is 1. The third kappa shape index (κ3) is 3.02. The number of nitrogens with zero attached hydrogens (tertiary/aromatic N) is 1. The van der Waals surface area contributed by atoms with Gasteiger partial charge in [0.2, 0.25) is 0 Å². The molecule has 1 fully saturated rings. The monoisotopic (exact) mass is 270 g/mol. The molecule has 1 aromatic carbocycles. The summed E-state index contributed by atoms with van der Waals surface area (Å²) < 4.78 is 13.7. The molecule has 2 unspecified atom stereocenters. The number of halogens is 2. The van der Waals surface area contributed by atoms with Gasteiger partial charge < -0.3 is 5.73 Å². The third-order valence-corrected chi connectivity index (χ3v) is 4.09. The van der Waals surface area contributed by atoms with E-state index in [1.807, 2.05) is 0 Å². The lowest BCUT2D eigenvalue weighted by molar-refractivity contribution is 0.0979. The lowest BCUT2D eigenvalue weighted by atomic mass is 9.90. The van der Waals surface area contributed by atoms with Crippen LogP contribution in [0.25, 0.3) is 0 Å². The topological polar surface area (TPSA) is 29.3 Å². The second-order valence-electron chi connectivity index (χ2n) is 5.13. The first-order valence-corrected chi connectivity index (χ1v) is 6.87. The van der Waals surface area contributed by atoms with E-state index >= 15 is 0 Å². The summed E-state index contributed by atoms with van der Waals surface area (Å²) in [4.78, 5) is 2.28. The van der Waals surface area contributed by atoms with Crippen LogP contribution < -0.4 is 5.73 Å². The van der Waals surface area contributed by atoms with Gasteiger partial charge in [0.05, 0.1) is 0 Å². The number of nitrogens with two attached hydrogens (primary N) is 1. The highest BCUT2D eigenvalue weighted by Crippen LogP contribution is 2.25. The van der Waals surface area contributed by atoms with E-state index in [1.165, 1.54) is 12.5 Å². The summed E-state index contributed by atoms with van der Waals surface area (Å²) >= 11 is 5.92. The molecule has 0 saturated carbocycles. The average molecular weight is 271 g/mol. The molecule has 2 N–H and O–H groups in total. The van der Waals surface area contributed by atoms with Gasteiger partial charge in [0.25, 0.3) is 0 Å². The number of likely N-dealkylation sites (tertiary alicyclic amines) is 1. The lowest BCUT2D eigenvalue weighted by Crippen LogP contribution is -2.48. The Kier molecular flexibility index (Phi) is 4.60. The van der Waals surface area contributed by atoms with Crippen LogP contribution in [0.4, 0.5) is 4.39 Å². The van der Waals surface area contributed by atoms with Crippen molar-refractivity contribution in [3.05, 3.63) is 34.6 Å². The molecule has 4 heteroatoms. The third-order valence-electron chi connectivity index (χ3n) is 3.85. The molecule has 1 aliphatic rings. The van der Waals surface area contributed by atoms with Gasteiger partial charge in [-0.3, -0.25) is 4.90 Å². The Labute approximate surface area is 113 Å². The summed E-state index contributed by atoms with van der Waals surface area (Å²) in [5, 5.41) is 0.584. The van der Waals surface area contributed by atoms with Gasteiger partial charge >= 0.3 is 0 Å². The molecule has 0 amide bonds. The maximum Gasteiger partial charge on any atom is 0.127 e. The molecule has 1 aliphatic heterocycles. The highest BCUT2D eigenvalue weighted by Gasteiger charge is 2.27. The van der Waals surface area contributed by atoms with Gasteiger partial charge in [-0.2, -0.15) is 0 Å². The Bertz CT molecular complexity index is 411. The number of hydrogen-bond donors (Lipinski definition) is 1. The van der Waals surface area contributed by atoms with Crippen LogP contribution in [-0.4, -0.2) is 24.0 Å². The Morgan fingerprint density at radius 1 is 1.50 bits per heavy atom. The molecule has 2 rings (SSSR count). The average Bonchev–Trinajstić information content (AvgIpc) is 2.34. The molecule has 0 aromatic heterocycles. The lowest BCUT2D eigenvalue weighted by Gasteiger charge is -2.39. The molecule has 2 nitrogen and oxygen atoms in total. The summed E-state index contributed by atoms with van der Waals surface area (Å²) in [6, 6.07) is 5.07. The zero-order chi connectivity index (χ0) is 13.1. The van der Waals surface area contributed by atoms with Crippen molar-refractivity contribution in [3.8, 4) is 0 Å². The predicted molar refractivity (Wildman–Crippen MR) is 73.1 cm³/mol. The first kappa shape index (κ1) is 13.8. The zero-order valence-corrected chi connectivity index (χ0v) is 11.5. The van der Waals surface area contributed by atoms with Crippen LogP contribution in [0.1, 0.15) is 25.3 Å². The maximum absolute atomic E-state index is 13.7. The van der Waals surface area contributed by atoms with Crippen LogP contribution in [-0.2, 0) is 6.54 Å². The summed E-state index contributed by atoms with van der Waals surface area (Å²) in [5.74, 6) is 0.388. The van der Waals surface area contributed by atoms with E-state index < -0.39 is 0 Å². The van der Waals surface area contributed by atoms with Gasteiger partial charge in [0, 0.05) is 29.7 Å². The number of benzene rings is 1. The van der Waals surface area contributed by atoms with E-state index in [0.717, 1.165) is 13.0 Å². The van der Waals surface area contributed by atoms with E-state index in [4.69, 9.17) is 17.3 Å². The largest absolute Gasteiger partial charge is 0.329 e. The fourth-order valence-electron chi connectivity index (χ4n) is 2.80. The van der Waals surface area contributed by atoms with Crippen molar-refractivity contribution in [2.75, 3.05) is 13.1 Å². The van der Waals surface area contributed by atoms with Crippen molar-refractivity contribution in [2.45, 2.75) is 32.4 Å².